The van der Waals surface area contributed by atoms with Crippen LogP contribution in [0.3, 0.4) is 0 Å². The molecule has 92 valence electrons. The van der Waals surface area contributed by atoms with Crippen molar-refractivity contribution in [1.82, 2.24) is 10.2 Å². The average Bonchev–Trinajstić information content (AvgIpc) is 2.48. The van der Waals surface area contributed by atoms with Crippen LogP contribution in [0.15, 0.2) is 0 Å². The van der Waals surface area contributed by atoms with E-state index in [9.17, 15) is 0 Å². The van der Waals surface area contributed by atoms with E-state index in [1.165, 1.54) is 44.9 Å². The molecule has 3 aliphatic rings. The highest BCUT2D eigenvalue weighted by Crippen LogP contribution is 2.42. The number of hydrogen-bond acceptors (Lipinski definition) is 2. The molecule has 0 aromatic heterocycles. The van der Waals surface area contributed by atoms with Gasteiger partial charge >= 0.3 is 0 Å². The van der Waals surface area contributed by atoms with E-state index in [-0.39, 0.29) is 0 Å². The Kier molecular flexibility index (Phi) is 2.97. The first-order valence-electron chi connectivity index (χ1n) is 7.18. The van der Waals surface area contributed by atoms with Gasteiger partial charge in [-0.2, -0.15) is 0 Å². The van der Waals surface area contributed by atoms with Gasteiger partial charge in [-0.15, -0.1) is 0 Å². The molecule has 3 rings (SSSR count). The second kappa shape index (κ2) is 4.30. The van der Waals surface area contributed by atoms with E-state index in [1.54, 1.807) is 0 Å². The quantitative estimate of drug-likeness (QED) is 0.788. The summed E-state index contributed by atoms with van der Waals surface area (Å²) in [5, 5.41) is 3.64. The first-order chi connectivity index (χ1) is 7.79. The molecule has 3 unspecified atom stereocenters. The molecular weight excluding hydrogens is 196 g/mol. The lowest BCUT2D eigenvalue weighted by molar-refractivity contribution is 0.0797. The Hall–Kier alpha value is -0.0800. The largest absolute Gasteiger partial charge is 0.316 e. The van der Waals surface area contributed by atoms with Crippen LogP contribution in [0.25, 0.3) is 0 Å². The third-order valence-corrected chi connectivity index (χ3v) is 5.63. The molecule has 3 atom stereocenters. The normalized spacial score (nSPS) is 42.0. The van der Waals surface area contributed by atoms with Crippen LogP contribution in [-0.4, -0.2) is 37.1 Å². The molecule has 2 nitrogen and oxygen atoms in total. The van der Waals surface area contributed by atoms with Crippen molar-refractivity contribution in [3.05, 3.63) is 0 Å². The van der Waals surface area contributed by atoms with Crippen LogP contribution in [0.5, 0.6) is 0 Å². The maximum atomic E-state index is 3.64. The number of nitrogens with zero attached hydrogens (tertiary/aromatic N) is 1. The van der Waals surface area contributed by atoms with Gasteiger partial charge in [0.25, 0.3) is 0 Å². The lowest BCUT2D eigenvalue weighted by Gasteiger charge is -2.44. The molecule has 1 saturated carbocycles. The van der Waals surface area contributed by atoms with Gasteiger partial charge in [0.2, 0.25) is 0 Å². The molecule has 1 aliphatic carbocycles. The highest BCUT2D eigenvalue weighted by molar-refractivity contribution is 4.98. The van der Waals surface area contributed by atoms with Crippen molar-refractivity contribution >= 4 is 0 Å². The Morgan fingerprint density at radius 2 is 1.62 bits per heavy atom. The van der Waals surface area contributed by atoms with Gasteiger partial charge in [0.05, 0.1) is 0 Å². The lowest BCUT2D eigenvalue weighted by atomic mass is 9.71. The fraction of sp³-hybridized carbons (Fsp3) is 1.00. The zero-order valence-electron chi connectivity index (χ0n) is 10.8. The Balaban J connectivity index is 1.66. The SMILES string of the molecule is CNC(C1CCC1)C1CC2CCC(C1)N2C. The Labute approximate surface area is 99.8 Å². The first-order valence-corrected chi connectivity index (χ1v) is 7.18. The Morgan fingerprint density at radius 3 is 2.06 bits per heavy atom. The van der Waals surface area contributed by atoms with Crippen LogP contribution in [0.2, 0.25) is 0 Å². The number of fused-ring (bicyclic) bond motifs is 2. The van der Waals surface area contributed by atoms with Crippen molar-refractivity contribution in [3.63, 3.8) is 0 Å². The number of rotatable bonds is 3. The number of hydrogen-bond donors (Lipinski definition) is 1. The highest BCUT2D eigenvalue weighted by Gasteiger charge is 2.43. The predicted molar refractivity (Wildman–Crippen MR) is 67.5 cm³/mol. The molecule has 2 heteroatoms. The van der Waals surface area contributed by atoms with Crippen LogP contribution in [0, 0.1) is 11.8 Å². The monoisotopic (exact) mass is 222 g/mol. The zero-order chi connectivity index (χ0) is 11.1. The molecule has 0 aromatic rings. The molecule has 0 amide bonds. The zero-order valence-corrected chi connectivity index (χ0v) is 10.8. The molecule has 2 bridgehead atoms. The lowest BCUT2D eigenvalue weighted by Crippen LogP contribution is -2.50. The fourth-order valence-corrected chi connectivity index (χ4v) is 4.40. The molecule has 2 aliphatic heterocycles. The van der Waals surface area contributed by atoms with Crippen molar-refractivity contribution in [2.45, 2.75) is 63.1 Å². The molecule has 1 N–H and O–H groups in total. The van der Waals surface area contributed by atoms with Gasteiger partial charge in [-0.1, -0.05) is 6.42 Å². The standard InChI is InChI=1S/C14H26N2/c1-15-14(10-4-3-5-10)11-8-12-6-7-13(9-11)16(12)2/h10-15H,3-9H2,1-2H3. The summed E-state index contributed by atoms with van der Waals surface area (Å²) in [6.45, 7) is 0. The van der Waals surface area contributed by atoms with Crippen molar-refractivity contribution in [2.75, 3.05) is 14.1 Å². The molecule has 16 heavy (non-hydrogen) atoms. The van der Waals surface area contributed by atoms with Crippen molar-refractivity contribution < 1.29 is 0 Å². The summed E-state index contributed by atoms with van der Waals surface area (Å²) in [5.74, 6) is 1.96. The van der Waals surface area contributed by atoms with Crippen LogP contribution in [-0.2, 0) is 0 Å². The number of nitrogens with one attached hydrogen (secondary N) is 1. The fourth-order valence-electron chi connectivity index (χ4n) is 4.40. The smallest absolute Gasteiger partial charge is 0.0122 e. The summed E-state index contributed by atoms with van der Waals surface area (Å²) in [6.07, 6.45) is 10.3. The topological polar surface area (TPSA) is 15.3 Å². The van der Waals surface area contributed by atoms with Gasteiger partial charge < -0.3 is 10.2 Å². The van der Waals surface area contributed by atoms with E-state index >= 15 is 0 Å². The van der Waals surface area contributed by atoms with Crippen molar-refractivity contribution in [3.8, 4) is 0 Å². The summed E-state index contributed by atoms with van der Waals surface area (Å²) in [6, 6.07) is 2.63. The summed E-state index contributed by atoms with van der Waals surface area (Å²) in [5.41, 5.74) is 0. The van der Waals surface area contributed by atoms with Gasteiger partial charge in [-0.3, -0.25) is 0 Å². The van der Waals surface area contributed by atoms with Crippen molar-refractivity contribution in [2.24, 2.45) is 11.8 Å². The third kappa shape index (κ3) is 1.70. The van der Waals surface area contributed by atoms with Gasteiger partial charge in [-0.05, 0) is 64.5 Å². The van der Waals surface area contributed by atoms with E-state index < -0.39 is 0 Å². The van der Waals surface area contributed by atoms with E-state index in [2.05, 4.69) is 24.3 Å². The Bertz CT molecular complexity index is 235. The predicted octanol–water partition coefficient (Wildman–Crippen LogP) is 2.25. The molecule has 0 aromatic carbocycles. The first kappa shape index (κ1) is 11.0. The maximum Gasteiger partial charge on any atom is 0.0122 e. The minimum absolute atomic E-state index is 0.825. The van der Waals surface area contributed by atoms with E-state index in [0.717, 1.165) is 30.0 Å². The van der Waals surface area contributed by atoms with Gasteiger partial charge in [0.15, 0.2) is 0 Å². The summed E-state index contributed by atoms with van der Waals surface area (Å²) in [4.78, 5) is 2.66. The summed E-state index contributed by atoms with van der Waals surface area (Å²) < 4.78 is 0. The molecule has 2 saturated heterocycles. The van der Waals surface area contributed by atoms with E-state index in [0.29, 0.717) is 0 Å². The van der Waals surface area contributed by atoms with E-state index in [4.69, 9.17) is 0 Å². The van der Waals surface area contributed by atoms with Crippen LogP contribution < -0.4 is 5.32 Å². The minimum atomic E-state index is 0.825. The summed E-state index contributed by atoms with van der Waals surface area (Å²) in [7, 11) is 4.53. The van der Waals surface area contributed by atoms with Crippen LogP contribution in [0.1, 0.15) is 44.9 Å². The minimum Gasteiger partial charge on any atom is -0.316 e. The second-order valence-corrected chi connectivity index (χ2v) is 6.29. The average molecular weight is 222 g/mol. The van der Waals surface area contributed by atoms with Gasteiger partial charge in [0, 0.05) is 18.1 Å². The summed E-state index contributed by atoms with van der Waals surface area (Å²) >= 11 is 0. The van der Waals surface area contributed by atoms with Gasteiger partial charge in [-0.25, -0.2) is 0 Å². The maximum absolute atomic E-state index is 3.64. The third-order valence-electron chi connectivity index (χ3n) is 5.63. The van der Waals surface area contributed by atoms with Crippen LogP contribution in [0.4, 0.5) is 0 Å². The van der Waals surface area contributed by atoms with Crippen molar-refractivity contribution in [1.29, 1.82) is 0 Å². The molecule has 3 fully saturated rings. The Morgan fingerprint density at radius 1 is 1.00 bits per heavy atom. The number of piperidine rings is 1. The van der Waals surface area contributed by atoms with Crippen LogP contribution >= 0.6 is 0 Å². The molecule has 2 heterocycles. The van der Waals surface area contributed by atoms with E-state index in [1.807, 2.05) is 0 Å². The molecule has 0 spiro atoms. The second-order valence-electron chi connectivity index (χ2n) is 6.29. The highest BCUT2D eigenvalue weighted by atomic mass is 15.2. The van der Waals surface area contributed by atoms with Gasteiger partial charge in [0.1, 0.15) is 0 Å². The molecule has 0 radical (unpaired) electrons. The molecular formula is C14H26N2.